The molecular weight excluding hydrogens is 673 g/mol. The third-order valence-electron chi connectivity index (χ3n) is 7.44. The highest BCUT2D eigenvalue weighted by Gasteiger charge is 2.27. The van der Waals surface area contributed by atoms with Crippen LogP contribution in [0.5, 0.6) is 0 Å². The lowest BCUT2D eigenvalue weighted by molar-refractivity contribution is -0.129. The second-order valence-corrected chi connectivity index (χ2v) is 13.7. The quantitative estimate of drug-likeness (QED) is 0.129. The van der Waals surface area contributed by atoms with Crippen LogP contribution in [0.3, 0.4) is 0 Å². The van der Waals surface area contributed by atoms with Crippen molar-refractivity contribution in [1.82, 2.24) is 10.2 Å². The maximum atomic E-state index is 14.6. The predicted molar refractivity (Wildman–Crippen MR) is 186 cm³/mol. The van der Waals surface area contributed by atoms with E-state index in [1.807, 2.05) is 0 Å². The highest BCUT2D eigenvalue weighted by atomic mass is 35.5. The summed E-state index contributed by atoms with van der Waals surface area (Å²) in [4.78, 5) is 54.7. The van der Waals surface area contributed by atoms with E-state index in [9.17, 15) is 28.8 Å². The summed E-state index contributed by atoms with van der Waals surface area (Å²) in [5.74, 6) is -2.32. The number of anilines is 2. The number of halogens is 2. The number of hydrogen-bond acceptors (Lipinski definition) is 7. The van der Waals surface area contributed by atoms with Gasteiger partial charge >= 0.3 is 0 Å². The Bertz CT molecular complexity index is 1950. The molecular formula is C35H29ClFN5O4S2. The fourth-order valence-electron chi connectivity index (χ4n) is 4.93. The number of thioether (sulfide) groups is 1. The zero-order valence-corrected chi connectivity index (χ0v) is 28.2. The van der Waals surface area contributed by atoms with E-state index in [1.165, 1.54) is 54.3 Å². The number of nitriles is 1. The smallest absolute Gasteiger partial charge is 0.272 e. The Morgan fingerprint density at radius 1 is 1.06 bits per heavy atom. The van der Waals surface area contributed by atoms with Crippen LogP contribution in [0.1, 0.15) is 45.8 Å². The van der Waals surface area contributed by atoms with E-state index in [2.05, 4.69) is 22.0 Å². The Morgan fingerprint density at radius 2 is 1.81 bits per heavy atom. The van der Waals surface area contributed by atoms with E-state index in [0.717, 1.165) is 10.4 Å². The summed E-state index contributed by atoms with van der Waals surface area (Å²) in [6.45, 7) is 4.16. The first-order chi connectivity index (χ1) is 23.0. The molecule has 0 radical (unpaired) electrons. The second kappa shape index (κ2) is 15.3. The molecule has 0 fully saturated rings. The molecule has 0 bridgehead atoms. The molecule has 0 aliphatic carbocycles. The average molecular weight is 702 g/mol. The molecule has 1 atom stereocenters. The van der Waals surface area contributed by atoms with Crippen LogP contribution in [-0.4, -0.2) is 40.3 Å². The molecule has 4 aromatic rings. The molecule has 0 saturated heterocycles. The normalized spacial score (nSPS) is 13.1. The number of amides is 4. The number of benzene rings is 3. The lowest BCUT2D eigenvalue weighted by Gasteiger charge is -2.25. The molecule has 1 aromatic heterocycles. The van der Waals surface area contributed by atoms with Crippen LogP contribution in [0.2, 0.25) is 5.02 Å². The molecule has 1 aliphatic heterocycles. The maximum Gasteiger partial charge on any atom is 0.272 e. The molecule has 244 valence electrons. The Labute approximate surface area is 289 Å². The highest BCUT2D eigenvalue weighted by Crippen LogP contribution is 2.37. The third-order valence-corrected chi connectivity index (χ3v) is 10.00. The first kappa shape index (κ1) is 34.4. The molecule has 4 amide bonds. The first-order valence-electron chi connectivity index (χ1n) is 14.7. The second-order valence-electron chi connectivity index (χ2n) is 10.8. The monoisotopic (exact) mass is 701 g/mol. The van der Waals surface area contributed by atoms with Gasteiger partial charge in [0, 0.05) is 40.1 Å². The summed E-state index contributed by atoms with van der Waals surface area (Å²) in [7, 11) is 0. The summed E-state index contributed by atoms with van der Waals surface area (Å²) in [6.07, 6.45) is 1.72. The number of hydrogen-bond donors (Lipinski definition) is 3. The number of fused-ring (bicyclic) bond motifs is 1. The van der Waals surface area contributed by atoms with Crippen molar-refractivity contribution in [2.24, 2.45) is 0 Å². The van der Waals surface area contributed by atoms with E-state index >= 15 is 0 Å². The van der Waals surface area contributed by atoms with Gasteiger partial charge in [-0.3, -0.25) is 19.2 Å². The van der Waals surface area contributed by atoms with E-state index in [1.54, 1.807) is 66.4 Å². The van der Waals surface area contributed by atoms with Crippen molar-refractivity contribution >= 4 is 75.1 Å². The summed E-state index contributed by atoms with van der Waals surface area (Å²) >= 11 is 8.75. The van der Waals surface area contributed by atoms with E-state index < -0.39 is 22.9 Å². The maximum absolute atomic E-state index is 14.6. The fourth-order valence-corrected chi connectivity index (χ4v) is 7.29. The zero-order valence-electron chi connectivity index (χ0n) is 25.8. The van der Waals surface area contributed by atoms with Crippen molar-refractivity contribution in [3.05, 3.63) is 116 Å². The molecule has 0 spiro atoms. The number of thiophene rings is 1. The van der Waals surface area contributed by atoms with E-state index in [0.29, 0.717) is 46.2 Å². The SMILES string of the molecule is CC(=O)N1CCc2c(sc(NC(=O)C(C)Sc3cccc(NC(=O)/C(=C\c4c(F)cccc4Cl)NC(=O)c4ccccc4)c3)c2C#N)C1. The molecule has 48 heavy (non-hydrogen) atoms. The van der Waals surface area contributed by atoms with Crippen molar-refractivity contribution in [3.63, 3.8) is 0 Å². The van der Waals surface area contributed by atoms with Crippen LogP contribution < -0.4 is 16.0 Å². The van der Waals surface area contributed by atoms with Gasteiger partial charge in [-0.25, -0.2) is 4.39 Å². The fraction of sp³-hybridized carbons (Fsp3) is 0.171. The first-order valence-corrected chi connectivity index (χ1v) is 16.8. The Hall–Kier alpha value is -4.96. The third kappa shape index (κ3) is 8.12. The molecule has 9 nitrogen and oxygen atoms in total. The van der Waals surface area contributed by atoms with E-state index in [4.69, 9.17) is 11.6 Å². The van der Waals surface area contributed by atoms with E-state index in [-0.39, 0.29) is 28.1 Å². The molecule has 2 heterocycles. The lowest BCUT2D eigenvalue weighted by atomic mass is 10.0. The molecule has 0 saturated carbocycles. The summed E-state index contributed by atoms with van der Waals surface area (Å²) in [5.41, 5.74) is 1.65. The summed E-state index contributed by atoms with van der Waals surface area (Å²) in [6, 6.07) is 21.3. The number of nitrogens with one attached hydrogen (secondary N) is 3. The van der Waals surface area contributed by atoms with Gasteiger partial charge in [0.2, 0.25) is 11.8 Å². The van der Waals surface area contributed by atoms with Crippen molar-refractivity contribution in [2.75, 3.05) is 17.2 Å². The Balaban J connectivity index is 1.30. The van der Waals surface area contributed by atoms with Crippen molar-refractivity contribution in [2.45, 2.75) is 37.0 Å². The van der Waals surface area contributed by atoms with Gasteiger partial charge < -0.3 is 20.9 Å². The molecule has 5 rings (SSSR count). The lowest BCUT2D eigenvalue weighted by Crippen LogP contribution is -2.33. The van der Waals surface area contributed by atoms with Crippen molar-refractivity contribution in [3.8, 4) is 6.07 Å². The molecule has 3 aromatic carbocycles. The average Bonchev–Trinajstić information content (AvgIpc) is 3.42. The van der Waals surface area contributed by atoms with Crippen LogP contribution >= 0.6 is 34.7 Å². The molecule has 3 N–H and O–H groups in total. The summed E-state index contributed by atoms with van der Waals surface area (Å²) in [5, 5.41) is 17.9. The van der Waals surface area contributed by atoms with Gasteiger partial charge in [0.05, 0.1) is 22.4 Å². The topological polar surface area (TPSA) is 131 Å². The van der Waals surface area contributed by atoms with Gasteiger partial charge in [-0.15, -0.1) is 23.1 Å². The minimum atomic E-state index is -0.722. The van der Waals surface area contributed by atoms with Crippen molar-refractivity contribution < 1.29 is 23.6 Å². The predicted octanol–water partition coefficient (Wildman–Crippen LogP) is 6.85. The van der Waals surface area contributed by atoms with Gasteiger partial charge in [-0.05, 0) is 67.4 Å². The zero-order chi connectivity index (χ0) is 34.4. The number of carbonyl (C=O) groups is 4. The van der Waals surface area contributed by atoms with Gasteiger partial charge in [0.15, 0.2) is 0 Å². The minimum Gasteiger partial charge on any atom is -0.337 e. The van der Waals surface area contributed by atoms with Gasteiger partial charge in [-0.1, -0.05) is 41.9 Å². The van der Waals surface area contributed by atoms with Crippen LogP contribution in [0.4, 0.5) is 15.1 Å². The minimum absolute atomic E-state index is 0.0414. The number of rotatable bonds is 9. The molecule has 1 aliphatic rings. The van der Waals surface area contributed by atoms with Crippen molar-refractivity contribution in [1.29, 1.82) is 5.26 Å². The van der Waals surface area contributed by atoms with Gasteiger partial charge in [0.25, 0.3) is 11.8 Å². The Kier molecular flexibility index (Phi) is 11.0. The number of carbonyl (C=O) groups excluding carboxylic acids is 4. The van der Waals surface area contributed by atoms with Crippen LogP contribution in [-0.2, 0) is 27.3 Å². The largest absolute Gasteiger partial charge is 0.337 e. The van der Waals surface area contributed by atoms with Gasteiger partial charge in [0.1, 0.15) is 22.6 Å². The molecule has 13 heteroatoms. The highest BCUT2D eigenvalue weighted by molar-refractivity contribution is 8.00. The molecule has 1 unspecified atom stereocenters. The van der Waals surface area contributed by atoms with Crippen LogP contribution in [0, 0.1) is 17.1 Å². The number of nitrogens with zero attached hydrogens (tertiary/aromatic N) is 2. The van der Waals surface area contributed by atoms with Crippen LogP contribution in [0.25, 0.3) is 6.08 Å². The van der Waals surface area contributed by atoms with Crippen LogP contribution in [0.15, 0.2) is 83.4 Å². The Morgan fingerprint density at radius 3 is 2.52 bits per heavy atom. The standard InChI is InChI=1S/C35H29ClFN5O4S2/c1-20(32(44)41-35-27(18-38)25-14-15-42(21(2)43)19-31(25)48-35)47-24-11-6-10-23(16-24)39-34(46)30(17-26-28(36)12-7-13-29(26)37)40-33(45)22-8-4-3-5-9-22/h3-13,16-17,20H,14-15,19H2,1-2H3,(H,39,46)(H,40,45)(H,41,44)/b30-17+. The van der Waals surface area contributed by atoms with Gasteiger partial charge in [-0.2, -0.15) is 5.26 Å². The summed E-state index contributed by atoms with van der Waals surface area (Å²) < 4.78 is 14.6.